The number of carbonyl (C=O) groups excluding carboxylic acids is 1. The summed E-state index contributed by atoms with van der Waals surface area (Å²) in [5, 5.41) is 13.3. The molecule has 1 atom stereocenters. The second-order valence-electron chi connectivity index (χ2n) is 4.60. The lowest BCUT2D eigenvalue weighted by Gasteiger charge is -2.20. The normalized spacial score (nSPS) is 20.5. The summed E-state index contributed by atoms with van der Waals surface area (Å²) in [6.07, 6.45) is -0.513. The standard InChI is InChI=1S/C13H15N3O2S/c17-9-7-14-5-6-16(8-9)13(18)12-15-10-3-1-2-4-11(10)19-12/h1-4,9,14,17H,5-8H2/t9-/m1/s1. The number of aliphatic hydroxyl groups is 1. The number of fused-ring (bicyclic) bond motifs is 1. The van der Waals surface area contributed by atoms with Gasteiger partial charge >= 0.3 is 0 Å². The molecule has 1 amide bonds. The quantitative estimate of drug-likeness (QED) is 0.805. The Morgan fingerprint density at radius 3 is 3.16 bits per heavy atom. The van der Waals surface area contributed by atoms with Crippen LogP contribution in [0.5, 0.6) is 0 Å². The number of carbonyl (C=O) groups is 1. The molecule has 1 aromatic heterocycles. The van der Waals surface area contributed by atoms with Gasteiger partial charge in [-0.1, -0.05) is 12.1 Å². The van der Waals surface area contributed by atoms with Gasteiger partial charge in [0.1, 0.15) is 0 Å². The van der Waals surface area contributed by atoms with E-state index in [-0.39, 0.29) is 5.91 Å². The van der Waals surface area contributed by atoms with Crippen LogP contribution in [-0.2, 0) is 0 Å². The fourth-order valence-electron chi connectivity index (χ4n) is 2.18. The first kappa shape index (κ1) is 12.5. The van der Waals surface area contributed by atoms with E-state index in [0.29, 0.717) is 31.2 Å². The summed E-state index contributed by atoms with van der Waals surface area (Å²) in [7, 11) is 0. The Bertz CT molecular complexity index is 565. The van der Waals surface area contributed by atoms with Gasteiger partial charge in [-0.2, -0.15) is 0 Å². The van der Waals surface area contributed by atoms with Crippen molar-refractivity contribution in [3.05, 3.63) is 29.3 Å². The van der Waals surface area contributed by atoms with Crippen LogP contribution in [-0.4, -0.2) is 53.2 Å². The number of thiazole rings is 1. The first-order valence-corrected chi connectivity index (χ1v) is 7.09. The highest BCUT2D eigenvalue weighted by atomic mass is 32.1. The minimum Gasteiger partial charge on any atom is -0.390 e. The average Bonchev–Trinajstić information content (AvgIpc) is 2.73. The molecular formula is C13H15N3O2S. The summed E-state index contributed by atoms with van der Waals surface area (Å²) < 4.78 is 1.01. The zero-order valence-corrected chi connectivity index (χ0v) is 11.2. The van der Waals surface area contributed by atoms with Crippen molar-refractivity contribution in [2.75, 3.05) is 26.2 Å². The van der Waals surface area contributed by atoms with Crippen LogP contribution in [0.25, 0.3) is 10.2 Å². The number of aliphatic hydroxyl groups excluding tert-OH is 1. The zero-order chi connectivity index (χ0) is 13.2. The van der Waals surface area contributed by atoms with Gasteiger partial charge in [-0.05, 0) is 12.1 Å². The maximum atomic E-state index is 12.4. The number of hydrogen-bond donors (Lipinski definition) is 2. The molecule has 0 bridgehead atoms. The Kier molecular flexibility index (Phi) is 3.46. The number of β-amino-alcohol motifs (C(OH)–C–C–N with tert-alkyl or cyclic N) is 1. The van der Waals surface area contributed by atoms with Crippen molar-refractivity contribution in [3.8, 4) is 0 Å². The van der Waals surface area contributed by atoms with Crippen molar-refractivity contribution in [3.63, 3.8) is 0 Å². The number of nitrogens with one attached hydrogen (secondary N) is 1. The highest BCUT2D eigenvalue weighted by Crippen LogP contribution is 2.22. The van der Waals surface area contributed by atoms with Crippen LogP contribution in [0.3, 0.4) is 0 Å². The van der Waals surface area contributed by atoms with Crippen molar-refractivity contribution in [2.45, 2.75) is 6.10 Å². The molecule has 100 valence electrons. The number of hydrogen-bond acceptors (Lipinski definition) is 5. The molecule has 0 saturated carbocycles. The molecule has 1 fully saturated rings. The van der Waals surface area contributed by atoms with Crippen LogP contribution < -0.4 is 5.32 Å². The lowest BCUT2D eigenvalue weighted by Crippen LogP contribution is -2.37. The van der Waals surface area contributed by atoms with Gasteiger partial charge in [0.2, 0.25) is 0 Å². The van der Waals surface area contributed by atoms with E-state index in [9.17, 15) is 9.90 Å². The van der Waals surface area contributed by atoms with Gasteiger partial charge < -0.3 is 15.3 Å². The van der Waals surface area contributed by atoms with E-state index >= 15 is 0 Å². The molecule has 1 aromatic carbocycles. The molecule has 2 heterocycles. The van der Waals surface area contributed by atoms with Crippen LogP contribution in [0.2, 0.25) is 0 Å². The van der Waals surface area contributed by atoms with Gasteiger partial charge in [0.15, 0.2) is 5.01 Å². The molecule has 3 rings (SSSR count). The highest BCUT2D eigenvalue weighted by Gasteiger charge is 2.23. The molecule has 5 nitrogen and oxygen atoms in total. The SMILES string of the molecule is O=C(c1nc2ccccc2s1)N1CCNC[C@@H](O)C1. The number of aromatic nitrogens is 1. The number of nitrogens with zero attached hydrogens (tertiary/aromatic N) is 2. The van der Waals surface area contributed by atoms with Crippen LogP contribution in [0, 0.1) is 0 Å². The molecule has 0 spiro atoms. The van der Waals surface area contributed by atoms with Crippen LogP contribution >= 0.6 is 11.3 Å². The number of rotatable bonds is 1. The fraction of sp³-hybridized carbons (Fsp3) is 0.385. The summed E-state index contributed by atoms with van der Waals surface area (Å²) in [4.78, 5) is 18.4. The van der Waals surface area contributed by atoms with E-state index in [1.165, 1.54) is 11.3 Å². The Morgan fingerprint density at radius 2 is 2.32 bits per heavy atom. The summed E-state index contributed by atoms with van der Waals surface area (Å²) in [5.41, 5.74) is 0.851. The van der Waals surface area contributed by atoms with E-state index in [2.05, 4.69) is 10.3 Å². The molecule has 1 saturated heterocycles. The first-order chi connectivity index (χ1) is 9.24. The summed E-state index contributed by atoms with van der Waals surface area (Å²) in [6.45, 7) is 2.20. The maximum absolute atomic E-state index is 12.4. The molecule has 2 aromatic rings. The number of benzene rings is 1. The molecule has 19 heavy (non-hydrogen) atoms. The van der Waals surface area contributed by atoms with Gasteiger partial charge in [0.05, 0.1) is 16.3 Å². The van der Waals surface area contributed by atoms with Gasteiger partial charge in [-0.3, -0.25) is 4.79 Å². The van der Waals surface area contributed by atoms with Crippen LogP contribution in [0.1, 0.15) is 9.80 Å². The monoisotopic (exact) mass is 277 g/mol. The predicted octanol–water partition coefficient (Wildman–Crippen LogP) is 0.703. The summed E-state index contributed by atoms with van der Waals surface area (Å²) in [5.74, 6) is -0.0936. The van der Waals surface area contributed by atoms with E-state index in [4.69, 9.17) is 0 Å². The molecule has 6 heteroatoms. The van der Waals surface area contributed by atoms with Gasteiger partial charge in [0, 0.05) is 26.2 Å². The third kappa shape index (κ3) is 2.60. The van der Waals surface area contributed by atoms with Gasteiger partial charge in [-0.15, -0.1) is 11.3 Å². The Hall–Kier alpha value is -1.50. The minimum absolute atomic E-state index is 0.0936. The maximum Gasteiger partial charge on any atom is 0.283 e. The Labute approximate surface area is 114 Å². The van der Waals surface area contributed by atoms with Crippen molar-refractivity contribution in [2.24, 2.45) is 0 Å². The van der Waals surface area contributed by atoms with Gasteiger partial charge in [0.25, 0.3) is 5.91 Å². The third-order valence-electron chi connectivity index (χ3n) is 3.13. The summed E-state index contributed by atoms with van der Waals surface area (Å²) >= 11 is 1.40. The molecule has 0 radical (unpaired) electrons. The molecule has 1 aliphatic rings. The van der Waals surface area contributed by atoms with Gasteiger partial charge in [-0.25, -0.2) is 4.98 Å². The van der Waals surface area contributed by atoms with E-state index in [1.54, 1.807) is 4.90 Å². The number of para-hydroxylation sites is 1. The van der Waals surface area contributed by atoms with Crippen LogP contribution in [0.4, 0.5) is 0 Å². The minimum atomic E-state index is -0.513. The Morgan fingerprint density at radius 1 is 1.47 bits per heavy atom. The lowest BCUT2D eigenvalue weighted by molar-refractivity contribution is 0.0673. The smallest absolute Gasteiger partial charge is 0.283 e. The fourth-order valence-corrected chi connectivity index (χ4v) is 3.11. The van der Waals surface area contributed by atoms with Crippen molar-refractivity contribution in [1.29, 1.82) is 0 Å². The zero-order valence-electron chi connectivity index (χ0n) is 10.4. The second kappa shape index (κ2) is 5.24. The second-order valence-corrected chi connectivity index (χ2v) is 5.63. The molecule has 1 aliphatic heterocycles. The van der Waals surface area contributed by atoms with Crippen molar-refractivity contribution >= 4 is 27.5 Å². The predicted molar refractivity (Wildman–Crippen MR) is 74.4 cm³/mol. The largest absolute Gasteiger partial charge is 0.390 e. The topological polar surface area (TPSA) is 65.5 Å². The van der Waals surface area contributed by atoms with E-state index < -0.39 is 6.10 Å². The summed E-state index contributed by atoms with van der Waals surface area (Å²) in [6, 6.07) is 7.72. The molecule has 0 unspecified atom stereocenters. The average molecular weight is 277 g/mol. The van der Waals surface area contributed by atoms with Crippen molar-refractivity contribution in [1.82, 2.24) is 15.2 Å². The lowest BCUT2D eigenvalue weighted by atomic mass is 10.3. The van der Waals surface area contributed by atoms with E-state index in [0.717, 1.165) is 10.2 Å². The molecular weight excluding hydrogens is 262 g/mol. The Balaban J connectivity index is 1.85. The highest BCUT2D eigenvalue weighted by molar-refractivity contribution is 7.20. The first-order valence-electron chi connectivity index (χ1n) is 6.27. The molecule has 0 aliphatic carbocycles. The van der Waals surface area contributed by atoms with E-state index in [1.807, 2.05) is 24.3 Å². The molecule has 2 N–H and O–H groups in total. The third-order valence-corrected chi connectivity index (χ3v) is 4.16. The number of amides is 1. The van der Waals surface area contributed by atoms with Crippen LogP contribution in [0.15, 0.2) is 24.3 Å². The van der Waals surface area contributed by atoms with Crippen molar-refractivity contribution < 1.29 is 9.90 Å².